The van der Waals surface area contributed by atoms with Crippen molar-refractivity contribution in [2.24, 2.45) is 0 Å². The lowest BCUT2D eigenvalue weighted by atomic mass is 10.3. The summed E-state index contributed by atoms with van der Waals surface area (Å²) in [6, 6.07) is 3.23. The van der Waals surface area contributed by atoms with E-state index in [-0.39, 0.29) is 24.1 Å². The third-order valence-corrected chi connectivity index (χ3v) is 2.81. The molecule has 2 heterocycles. The summed E-state index contributed by atoms with van der Waals surface area (Å²) in [7, 11) is 1.59. The number of furan rings is 1. The van der Waals surface area contributed by atoms with E-state index in [2.05, 4.69) is 0 Å². The second-order valence-corrected chi connectivity index (χ2v) is 4.13. The zero-order valence-corrected chi connectivity index (χ0v) is 10.3. The maximum absolute atomic E-state index is 11.9. The minimum Gasteiger partial charge on any atom is -0.459 e. The molecule has 0 bridgehead atoms. The summed E-state index contributed by atoms with van der Waals surface area (Å²) < 4.78 is 10.2. The van der Waals surface area contributed by atoms with E-state index in [1.54, 1.807) is 24.1 Å². The Balaban J connectivity index is 1.88. The van der Waals surface area contributed by atoms with Crippen molar-refractivity contribution < 1.29 is 18.7 Å². The zero-order valence-electron chi connectivity index (χ0n) is 10.3. The highest BCUT2D eigenvalue weighted by atomic mass is 16.5. The minimum atomic E-state index is -0.290. The van der Waals surface area contributed by atoms with Gasteiger partial charge in [0.25, 0.3) is 5.91 Å². The number of hydrogen-bond acceptors (Lipinski definition) is 4. The predicted octanol–water partition coefficient (Wildman–Crippen LogP) is 0.210. The molecule has 0 saturated carbocycles. The fraction of sp³-hybridized carbons (Fsp3) is 0.500. The van der Waals surface area contributed by atoms with Crippen LogP contribution in [-0.2, 0) is 9.53 Å². The van der Waals surface area contributed by atoms with Gasteiger partial charge in [0.1, 0.15) is 0 Å². The first-order valence-electron chi connectivity index (χ1n) is 5.83. The normalized spacial score (nSPS) is 15.5. The first kappa shape index (κ1) is 12.6. The average Bonchev–Trinajstić information content (AvgIpc) is 2.92. The Morgan fingerprint density at radius 3 is 2.72 bits per heavy atom. The molecule has 0 aliphatic carbocycles. The first-order valence-corrected chi connectivity index (χ1v) is 5.83. The van der Waals surface area contributed by atoms with E-state index >= 15 is 0 Å². The molecule has 18 heavy (non-hydrogen) atoms. The van der Waals surface area contributed by atoms with Gasteiger partial charge in [0.15, 0.2) is 5.76 Å². The van der Waals surface area contributed by atoms with Crippen LogP contribution in [0.4, 0.5) is 0 Å². The Hall–Kier alpha value is -1.82. The number of nitrogens with zero attached hydrogens (tertiary/aromatic N) is 2. The summed E-state index contributed by atoms with van der Waals surface area (Å²) in [5.74, 6) is -0.116. The van der Waals surface area contributed by atoms with Gasteiger partial charge < -0.3 is 19.0 Å². The van der Waals surface area contributed by atoms with E-state index in [9.17, 15) is 9.59 Å². The van der Waals surface area contributed by atoms with Crippen LogP contribution in [0, 0.1) is 0 Å². The second-order valence-electron chi connectivity index (χ2n) is 4.13. The lowest BCUT2D eigenvalue weighted by Gasteiger charge is -2.28. The molecule has 0 unspecified atom stereocenters. The number of likely N-dealkylation sites (N-methyl/N-ethyl adjacent to an activating group) is 1. The van der Waals surface area contributed by atoms with Crippen molar-refractivity contribution in [2.45, 2.75) is 0 Å². The smallest absolute Gasteiger partial charge is 0.289 e. The number of morpholine rings is 1. The minimum absolute atomic E-state index is 0.0551. The molecular formula is C12H16N2O4. The summed E-state index contributed by atoms with van der Waals surface area (Å²) in [6.45, 7) is 2.34. The van der Waals surface area contributed by atoms with Crippen LogP contribution in [-0.4, -0.2) is 61.5 Å². The summed E-state index contributed by atoms with van der Waals surface area (Å²) in [5, 5.41) is 0. The zero-order chi connectivity index (χ0) is 13.0. The lowest BCUT2D eigenvalue weighted by Crippen LogP contribution is -2.46. The Bertz CT molecular complexity index is 410. The van der Waals surface area contributed by atoms with Gasteiger partial charge in [0, 0.05) is 20.1 Å². The Kier molecular flexibility index (Phi) is 3.99. The molecule has 1 aliphatic heterocycles. The standard InChI is InChI=1S/C12H16N2O4/c1-13(12(16)10-3-2-6-18-10)9-11(15)14-4-7-17-8-5-14/h2-3,6H,4-5,7-9H2,1H3. The van der Waals surface area contributed by atoms with Crippen molar-refractivity contribution in [3.8, 4) is 0 Å². The average molecular weight is 252 g/mol. The molecule has 1 aliphatic rings. The van der Waals surface area contributed by atoms with E-state index in [0.29, 0.717) is 26.3 Å². The Morgan fingerprint density at radius 1 is 1.39 bits per heavy atom. The van der Waals surface area contributed by atoms with Crippen LogP contribution < -0.4 is 0 Å². The molecule has 98 valence electrons. The summed E-state index contributed by atoms with van der Waals surface area (Å²) in [6.07, 6.45) is 1.44. The van der Waals surface area contributed by atoms with Crippen molar-refractivity contribution in [1.82, 2.24) is 9.80 Å². The van der Waals surface area contributed by atoms with Gasteiger partial charge in [-0.15, -0.1) is 0 Å². The Labute approximate surface area is 105 Å². The van der Waals surface area contributed by atoms with E-state index in [0.717, 1.165) is 0 Å². The molecule has 0 radical (unpaired) electrons. The molecule has 2 rings (SSSR count). The number of amides is 2. The first-order chi connectivity index (χ1) is 8.68. The summed E-state index contributed by atoms with van der Waals surface area (Å²) in [4.78, 5) is 26.9. The highest BCUT2D eigenvalue weighted by Gasteiger charge is 2.21. The molecule has 0 aromatic carbocycles. The predicted molar refractivity (Wildman–Crippen MR) is 63.1 cm³/mol. The van der Waals surface area contributed by atoms with Crippen molar-refractivity contribution in [3.05, 3.63) is 24.2 Å². The monoisotopic (exact) mass is 252 g/mol. The summed E-state index contributed by atoms with van der Waals surface area (Å²) >= 11 is 0. The van der Waals surface area contributed by atoms with Crippen molar-refractivity contribution in [2.75, 3.05) is 39.9 Å². The third kappa shape index (κ3) is 2.89. The van der Waals surface area contributed by atoms with Crippen molar-refractivity contribution in [3.63, 3.8) is 0 Å². The number of carbonyl (C=O) groups excluding carboxylic acids is 2. The topological polar surface area (TPSA) is 63.0 Å². The van der Waals surface area contributed by atoms with Crippen LogP contribution in [0.3, 0.4) is 0 Å². The highest BCUT2D eigenvalue weighted by molar-refractivity contribution is 5.94. The molecule has 0 spiro atoms. The SMILES string of the molecule is CN(CC(=O)N1CCOCC1)C(=O)c1ccco1. The Morgan fingerprint density at radius 2 is 2.11 bits per heavy atom. The quantitative estimate of drug-likeness (QED) is 0.771. The van der Waals surface area contributed by atoms with Gasteiger partial charge in [-0.2, -0.15) is 0 Å². The van der Waals surface area contributed by atoms with E-state index < -0.39 is 0 Å². The number of ether oxygens (including phenoxy) is 1. The number of hydrogen-bond donors (Lipinski definition) is 0. The van der Waals surface area contributed by atoms with Crippen LogP contribution in [0.2, 0.25) is 0 Å². The number of carbonyl (C=O) groups is 2. The maximum atomic E-state index is 11.9. The molecule has 6 heteroatoms. The summed E-state index contributed by atoms with van der Waals surface area (Å²) in [5.41, 5.74) is 0. The molecule has 1 fully saturated rings. The van der Waals surface area contributed by atoms with Crippen LogP contribution in [0.1, 0.15) is 10.6 Å². The molecule has 2 amide bonds. The molecule has 6 nitrogen and oxygen atoms in total. The van der Waals surface area contributed by atoms with Crippen LogP contribution >= 0.6 is 0 Å². The second kappa shape index (κ2) is 5.68. The molecule has 1 aromatic heterocycles. The van der Waals surface area contributed by atoms with E-state index in [4.69, 9.17) is 9.15 Å². The van der Waals surface area contributed by atoms with Gasteiger partial charge >= 0.3 is 0 Å². The van der Waals surface area contributed by atoms with E-state index in [1.165, 1.54) is 11.2 Å². The van der Waals surface area contributed by atoms with Crippen LogP contribution in [0.15, 0.2) is 22.8 Å². The van der Waals surface area contributed by atoms with Gasteiger partial charge in [0.2, 0.25) is 5.91 Å². The molecule has 1 saturated heterocycles. The largest absolute Gasteiger partial charge is 0.459 e. The third-order valence-electron chi connectivity index (χ3n) is 2.81. The van der Waals surface area contributed by atoms with Crippen molar-refractivity contribution >= 4 is 11.8 Å². The van der Waals surface area contributed by atoms with Gasteiger partial charge in [-0.1, -0.05) is 0 Å². The molecule has 1 aromatic rings. The number of rotatable bonds is 3. The van der Waals surface area contributed by atoms with Crippen molar-refractivity contribution in [1.29, 1.82) is 0 Å². The van der Waals surface area contributed by atoms with Gasteiger partial charge in [0.05, 0.1) is 26.0 Å². The van der Waals surface area contributed by atoms with E-state index in [1.807, 2.05) is 0 Å². The van der Waals surface area contributed by atoms with Gasteiger partial charge in [-0.05, 0) is 12.1 Å². The fourth-order valence-corrected chi connectivity index (χ4v) is 1.78. The van der Waals surface area contributed by atoms with Gasteiger partial charge in [-0.3, -0.25) is 9.59 Å². The van der Waals surface area contributed by atoms with Crippen LogP contribution in [0.25, 0.3) is 0 Å². The molecule has 0 atom stereocenters. The van der Waals surface area contributed by atoms with Gasteiger partial charge in [-0.25, -0.2) is 0 Å². The highest BCUT2D eigenvalue weighted by Crippen LogP contribution is 2.05. The van der Waals surface area contributed by atoms with Crippen LogP contribution in [0.5, 0.6) is 0 Å². The fourth-order valence-electron chi connectivity index (χ4n) is 1.78. The molecular weight excluding hydrogens is 236 g/mol. The lowest BCUT2D eigenvalue weighted by molar-refractivity contribution is -0.135. The maximum Gasteiger partial charge on any atom is 0.289 e. The molecule has 0 N–H and O–H groups in total.